The first-order valence-corrected chi connectivity index (χ1v) is 5.56. The van der Waals surface area contributed by atoms with Crippen LogP contribution in [0.1, 0.15) is 0 Å². The molecule has 0 atom stereocenters. The Hall–Kier alpha value is -2.02. The van der Waals surface area contributed by atoms with Crippen molar-refractivity contribution in [3.8, 4) is 5.75 Å². The van der Waals surface area contributed by atoms with Crippen LogP contribution in [0.3, 0.4) is 0 Å². The number of methoxy groups -OCH3 is 2. The van der Waals surface area contributed by atoms with Crippen LogP contribution in [0.4, 0.5) is 0 Å². The van der Waals surface area contributed by atoms with Crippen LogP contribution in [0.15, 0.2) is 33.6 Å². The van der Waals surface area contributed by atoms with Crippen LogP contribution < -0.4 is 0 Å². The van der Waals surface area contributed by atoms with E-state index in [9.17, 15) is 9.59 Å². The van der Waals surface area contributed by atoms with Gasteiger partial charge in [-0.05, 0) is 24.3 Å². The molecule has 0 aliphatic heterocycles. The van der Waals surface area contributed by atoms with E-state index in [4.69, 9.17) is 5.11 Å². The Morgan fingerprint density at radius 3 is 2.06 bits per heavy atom. The summed E-state index contributed by atoms with van der Waals surface area (Å²) in [5.41, 5.74) is -0.432. The molecule has 0 spiro atoms. The zero-order valence-corrected chi connectivity index (χ0v) is 10.6. The largest absolute Gasteiger partial charge is 0.508 e. The van der Waals surface area contributed by atoms with E-state index in [-0.39, 0.29) is 5.75 Å². The number of benzene rings is 1. The number of rotatable bonds is 4. The highest BCUT2D eigenvalue weighted by Gasteiger charge is 2.22. The summed E-state index contributed by atoms with van der Waals surface area (Å²) >= 11 is 0.900. The number of hydrogen-bond donors (Lipinski definition) is 1. The number of phenolic OH excluding ortho intramolecular Hbond substituents is 1. The summed E-state index contributed by atoms with van der Waals surface area (Å²) in [6, 6.07) is 6.12. The zero-order chi connectivity index (χ0) is 13.5. The first kappa shape index (κ1) is 14.0. The molecule has 7 heteroatoms. The monoisotopic (exact) mass is 269 g/mol. The highest BCUT2D eigenvalue weighted by atomic mass is 32.2. The third-order valence-electron chi connectivity index (χ3n) is 1.84. The number of esters is 2. The van der Waals surface area contributed by atoms with E-state index in [1.807, 2.05) is 0 Å². The second-order valence-electron chi connectivity index (χ2n) is 3.01. The van der Waals surface area contributed by atoms with Gasteiger partial charge in [0.15, 0.2) is 0 Å². The average molecular weight is 269 g/mol. The molecule has 1 rings (SSSR count). The van der Waals surface area contributed by atoms with Gasteiger partial charge in [-0.15, -0.1) is 0 Å². The molecule has 0 aliphatic carbocycles. The van der Waals surface area contributed by atoms with Crippen LogP contribution in [0.5, 0.6) is 5.75 Å². The quantitative estimate of drug-likeness (QED) is 0.382. The summed E-state index contributed by atoms with van der Waals surface area (Å²) in [4.78, 5) is 23.2. The van der Waals surface area contributed by atoms with Crippen molar-refractivity contribution in [1.82, 2.24) is 0 Å². The van der Waals surface area contributed by atoms with Gasteiger partial charge in [-0.1, -0.05) is 0 Å². The normalized spacial score (nSPS) is 9.44. The second-order valence-corrected chi connectivity index (χ2v) is 3.84. The minimum absolute atomic E-state index is 0.115. The van der Waals surface area contributed by atoms with Crippen molar-refractivity contribution < 1.29 is 24.2 Å². The van der Waals surface area contributed by atoms with E-state index >= 15 is 0 Å². The first-order valence-electron chi connectivity index (χ1n) is 4.79. The van der Waals surface area contributed by atoms with E-state index in [0.717, 1.165) is 26.2 Å². The van der Waals surface area contributed by atoms with Crippen molar-refractivity contribution in [2.75, 3.05) is 14.2 Å². The third kappa shape index (κ3) is 3.77. The van der Waals surface area contributed by atoms with E-state index in [1.54, 1.807) is 12.1 Å². The topological polar surface area (TPSA) is 85.2 Å². The van der Waals surface area contributed by atoms with E-state index in [1.165, 1.54) is 12.1 Å². The maximum absolute atomic E-state index is 11.3. The Balaban J connectivity index is 2.86. The van der Waals surface area contributed by atoms with Crippen molar-refractivity contribution in [2.24, 2.45) is 4.40 Å². The molecule has 0 heterocycles. The van der Waals surface area contributed by atoms with Gasteiger partial charge in [0, 0.05) is 16.8 Å². The molecule has 0 saturated carbocycles. The highest BCUT2D eigenvalue weighted by Crippen LogP contribution is 2.21. The van der Waals surface area contributed by atoms with Gasteiger partial charge in [0.1, 0.15) is 5.75 Å². The van der Waals surface area contributed by atoms with Gasteiger partial charge in [0.2, 0.25) is 5.71 Å². The number of carbonyl (C=O) groups is 2. The molecule has 1 aromatic rings. The average Bonchev–Trinajstić information content (AvgIpc) is 2.40. The molecular weight excluding hydrogens is 258 g/mol. The van der Waals surface area contributed by atoms with Crippen molar-refractivity contribution in [3.63, 3.8) is 0 Å². The second kappa shape index (κ2) is 6.65. The SMILES string of the molecule is COC(=O)C(=NSc1ccc(O)cc1)C(=O)OC. The lowest BCUT2D eigenvalue weighted by atomic mass is 10.3. The molecule has 0 amide bonds. The van der Waals surface area contributed by atoms with Crippen LogP contribution in [-0.2, 0) is 19.1 Å². The van der Waals surface area contributed by atoms with Gasteiger partial charge in [0.05, 0.1) is 14.2 Å². The van der Waals surface area contributed by atoms with Gasteiger partial charge in [-0.2, -0.15) is 4.40 Å². The number of hydrogen-bond acceptors (Lipinski definition) is 7. The van der Waals surface area contributed by atoms with Crippen LogP contribution in [0.25, 0.3) is 0 Å². The fourth-order valence-electron chi connectivity index (χ4n) is 0.957. The van der Waals surface area contributed by atoms with Gasteiger partial charge >= 0.3 is 11.9 Å². The molecule has 96 valence electrons. The molecule has 18 heavy (non-hydrogen) atoms. The van der Waals surface area contributed by atoms with Crippen molar-refractivity contribution in [3.05, 3.63) is 24.3 Å². The summed E-state index contributed by atoms with van der Waals surface area (Å²) in [5, 5.41) is 9.09. The molecule has 0 aromatic heterocycles. The lowest BCUT2D eigenvalue weighted by Gasteiger charge is -2.02. The molecule has 0 bridgehead atoms. The van der Waals surface area contributed by atoms with Gasteiger partial charge < -0.3 is 14.6 Å². The van der Waals surface area contributed by atoms with Crippen LogP contribution in [0, 0.1) is 0 Å². The van der Waals surface area contributed by atoms with Gasteiger partial charge in [-0.25, -0.2) is 9.59 Å². The maximum Gasteiger partial charge on any atom is 0.365 e. The lowest BCUT2D eigenvalue weighted by Crippen LogP contribution is -2.26. The highest BCUT2D eigenvalue weighted by molar-refractivity contribution is 7.98. The third-order valence-corrected chi connectivity index (χ3v) is 2.59. The molecular formula is C11H11NO5S. The van der Waals surface area contributed by atoms with Crippen molar-refractivity contribution >= 4 is 29.6 Å². The number of ether oxygens (including phenoxy) is 2. The minimum atomic E-state index is -0.867. The Bertz CT molecular complexity index is 451. The molecule has 0 radical (unpaired) electrons. The summed E-state index contributed by atoms with van der Waals surface area (Å²) in [7, 11) is 2.29. The summed E-state index contributed by atoms with van der Waals surface area (Å²) in [6.45, 7) is 0. The summed E-state index contributed by atoms with van der Waals surface area (Å²) in [5.74, 6) is -1.62. The minimum Gasteiger partial charge on any atom is -0.508 e. The smallest absolute Gasteiger partial charge is 0.365 e. The fraction of sp³-hybridized carbons (Fsp3) is 0.182. The van der Waals surface area contributed by atoms with Crippen molar-refractivity contribution in [2.45, 2.75) is 4.90 Å². The van der Waals surface area contributed by atoms with Crippen LogP contribution >= 0.6 is 11.9 Å². The molecule has 0 unspecified atom stereocenters. The Morgan fingerprint density at radius 1 is 1.11 bits per heavy atom. The van der Waals surface area contributed by atoms with Gasteiger partial charge in [-0.3, -0.25) is 0 Å². The lowest BCUT2D eigenvalue weighted by molar-refractivity contribution is -0.138. The number of nitrogens with zero attached hydrogens (tertiary/aromatic N) is 1. The molecule has 1 N–H and O–H groups in total. The Kier molecular flexibility index (Phi) is 5.19. The maximum atomic E-state index is 11.3. The summed E-state index contributed by atoms with van der Waals surface area (Å²) in [6.07, 6.45) is 0. The predicted molar refractivity (Wildman–Crippen MR) is 65.4 cm³/mol. The molecule has 0 saturated heterocycles. The molecule has 6 nitrogen and oxygen atoms in total. The van der Waals surface area contributed by atoms with Crippen LogP contribution in [0.2, 0.25) is 0 Å². The van der Waals surface area contributed by atoms with E-state index in [0.29, 0.717) is 4.90 Å². The van der Waals surface area contributed by atoms with E-state index < -0.39 is 17.7 Å². The number of phenols is 1. The Morgan fingerprint density at radius 2 is 1.61 bits per heavy atom. The molecule has 1 aromatic carbocycles. The predicted octanol–water partition coefficient (Wildman–Crippen LogP) is 1.19. The van der Waals surface area contributed by atoms with Gasteiger partial charge in [0.25, 0.3) is 0 Å². The van der Waals surface area contributed by atoms with E-state index in [2.05, 4.69) is 13.9 Å². The zero-order valence-electron chi connectivity index (χ0n) is 9.75. The fourth-order valence-corrected chi connectivity index (χ4v) is 1.56. The molecule has 0 aliphatic rings. The summed E-state index contributed by atoms with van der Waals surface area (Å²) < 4.78 is 12.6. The van der Waals surface area contributed by atoms with Crippen LogP contribution in [-0.4, -0.2) is 37.0 Å². The standard InChI is InChI=1S/C11H11NO5S/c1-16-10(14)9(11(15)17-2)12-18-8-5-3-7(13)4-6-8/h3-6,13H,1-2H3. The first-order chi connectivity index (χ1) is 8.58. The number of carbonyl (C=O) groups excluding carboxylic acids is 2. The molecule has 0 fully saturated rings. The Labute approximate surface area is 108 Å². The number of aromatic hydroxyl groups is 1. The van der Waals surface area contributed by atoms with Crippen molar-refractivity contribution in [1.29, 1.82) is 0 Å².